The maximum atomic E-state index is 12.6. The number of thiazole rings is 1. The number of aromatic nitrogens is 1. The van der Waals surface area contributed by atoms with Crippen LogP contribution in [0.25, 0.3) is 10.2 Å². The van der Waals surface area contributed by atoms with E-state index in [9.17, 15) is 14.4 Å². The largest absolute Gasteiger partial charge is 0.338 e. The summed E-state index contributed by atoms with van der Waals surface area (Å²) in [6.45, 7) is 5.34. The van der Waals surface area contributed by atoms with E-state index in [1.807, 2.05) is 49.1 Å². The Morgan fingerprint density at radius 3 is 2.55 bits per heavy atom. The van der Waals surface area contributed by atoms with Crippen LogP contribution < -0.4 is 10.2 Å². The number of rotatable bonds is 5. The second-order valence-electron chi connectivity index (χ2n) is 7.58. The van der Waals surface area contributed by atoms with Gasteiger partial charge in [0.25, 0.3) is 5.91 Å². The molecule has 150 valence electrons. The number of likely N-dealkylation sites (tertiary alicyclic amines) is 1. The van der Waals surface area contributed by atoms with Crippen LogP contribution in [0.15, 0.2) is 47.3 Å². The van der Waals surface area contributed by atoms with Crippen LogP contribution >= 0.6 is 11.3 Å². The van der Waals surface area contributed by atoms with Crippen LogP contribution in [0.5, 0.6) is 0 Å². The zero-order chi connectivity index (χ0) is 20.5. The molecule has 1 saturated heterocycles. The summed E-state index contributed by atoms with van der Waals surface area (Å²) >= 11 is 1.19. The summed E-state index contributed by atoms with van der Waals surface area (Å²) in [7, 11) is 0. The smallest absolute Gasteiger partial charge is 0.308 e. The van der Waals surface area contributed by atoms with Crippen molar-refractivity contribution in [2.75, 3.05) is 11.9 Å². The first kappa shape index (κ1) is 19.4. The molecule has 2 amide bonds. The van der Waals surface area contributed by atoms with Crippen molar-refractivity contribution in [3.63, 3.8) is 0 Å². The molecule has 0 unspecified atom stereocenters. The van der Waals surface area contributed by atoms with Gasteiger partial charge in [0.2, 0.25) is 5.91 Å². The van der Waals surface area contributed by atoms with E-state index in [0.29, 0.717) is 24.2 Å². The topological polar surface area (TPSA) is 71.4 Å². The maximum Gasteiger partial charge on any atom is 0.308 e. The van der Waals surface area contributed by atoms with Crippen LogP contribution in [-0.4, -0.2) is 27.8 Å². The molecule has 1 N–H and O–H groups in total. The lowest BCUT2D eigenvalue weighted by Crippen LogP contribution is -2.23. The van der Waals surface area contributed by atoms with Crippen molar-refractivity contribution in [3.05, 3.63) is 63.3 Å². The number of nitrogens with zero attached hydrogens (tertiary/aromatic N) is 2. The lowest BCUT2D eigenvalue weighted by molar-refractivity contribution is -0.128. The lowest BCUT2D eigenvalue weighted by Gasteiger charge is -2.15. The Hall–Kier alpha value is -2.93. The van der Waals surface area contributed by atoms with E-state index in [1.54, 1.807) is 16.7 Å². The van der Waals surface area contributed by atoms with E-state index in [4.69, 9.17) is 0 Å². The normalized spacial score (nSPS) is 14.2. The Morgan fingerprint density at radius 1 is 1.14 bits per heavy atom. The van der Waals surface area contributed by atoms with E-state index >= 15 is 0 Å². The molecule has 0 aliphatic carbocycles. The van der Waals surface area contributed by atoms with Gasteiger partial charge in [0.15, 0.2) is 0 Å². The number of fused-ring (bicyclic) bond motifs is 1. The molecule has 0 spiro atoms. The second kappa shape index (κ2) is 7.83. The predicted molar refractivity (Wildman–Crippen MR) is 116 cm³/mol. The summed E-state index contributed by atoms with van der Waals surface area (Å²) in [5.74, 6) is -0.0143. The van der Waals surface area contributed by atoms with Crippen LogP contribution in [-0.2, 0) is 11.3 Å². The van der Waals surface area contributed by atoms with Gasteiger partial charge in [-0.15, -0.1) is 0 Å². The molecule has 0 atom stereocenters. The van der Waals surface area contributed by atoms with E-state index in [1.165, 1.54) is 11.3 Å². The molecule has 0 radical (unpaired) electrons. The van der Waals surface area contributed by atoms with Gasteiger partial charge in [-0.25, -0.2) is 0 Å². The highest BCUT2D eigenvalue weighted by atomic mass is 32.1. The average Bonchev–Trinajstić information content (AvgIpc) is 3.23. The highest BCUT2D eigenvalue weighted by Gasteiger charge is 2.20. The molecule has 1 fully saturated rings. The average molecular weight is 410 g/mol. The number of nitrogens with one attached hydrogen (secondary N) is 1. The van der Waals surface area contributed by atoms with Gasteiger partial charge < -0.3 is 10.2 Å². The molecule has 6 nitrogen and oxygen atoms in total. The van der Waals surface area contributed by atoms with Gasteiger partial charge in [-0.2, -0.15) is 0 Å². The predicted octanol–water partition coefficient (Wildman–Crippen LogP) is 4.02. The quantitative estimate of drug-likeness (QED) is 0.692. The Bertz CT molecular complexity index is 1130. The minimum Gasteiger partial charge on any atom is -0.338 e. The minimum absolute atomic E-state index is 0.00514. The van der Waals surface area contributed by atoms with Gasteiger partial charge in [0.1, 0.15) is 0 Å². The summed E-state index contributed by atoms with van der Waals surface area (Å²) in [5, 5.41) is 2.90. The van der Waals surface area contributed by atoms with Gasteiger partial charge in [-0.1, -0.05) is 23.5 Å². The van der Waals surface area contributed by atoms with Crippen LogP contribution in [0, 0.1) is 0 Å². The second-order valence-corrected chi connectivity index (χ2v) is 8.58. The van der Waals surface area contributed by atoms with Crippen LogP contribution in [0.3, 0.4) is 0 Å². The molecule has 3 aromatic rings. The first-order valence-electron chi connectivity index (χ1n) is 9.75. The summed E-state index contributed by atoms with van der Waals surface area (Å²) < 4.78 is 2.61. The molecule has 29 heavy (non-hydrogen) atoms. The summed E-state index contributed by atoms with van der Waals surface area (Å²) in [6.07, 6.45) is 1.54. The number of benzene rings is 2. The van der Waals surface area contributed by atoms with Crippen molar-refractivity contribution in [3.8, 4) is 0 Å². The van der Waals surface area contributed by atoms with Gasteiger partial charge in [-0.05, 0) is 56.2 Å². The van der Waals surface area contributed by atoms with E-state index in [-0.39, 0.29) is 22.7 Å². The minimum atomic E-state index is -0.205. The van der Waals surface area contributed by atoms with Crippen molar-refractivity contribution in [1.82, 2.24) is 9.47 Å². The van der Waals surface area contributed by atoms with E-state index in [0.717, 1.165) is 28.7 Å². The molecule has 1 aliphatic heterocycles. The van der Waals surface area contributed by atoms with Crippen molar-refractivity contribution < 1.29 is 9.59 Å². The Labute approximate surface area is 172 Å². The van der Waals surface area contributed by atoms with Crippen molar-refractivity contribution >= 4 is 39.1 Å². The standard InChI is InChI=1S/C22H23N3O3S/c1-14(2)25-18-10-9-17(12-19(18)29-22(25)28)23-21(27)16-7-5-15(6-8-16)13-24-11-3-4-20(24)26/h5-10,12,14H,3-4,11,13H2,1-2H3,(H,23,27). The third-order valence-corrected chi connectivity index (χ3v) is 6.07. The number of hydrogen-bond donors (Lipinski definition) is 1. The molecular weight excluding hydrogens is 386 g/mol. The van der Waals surface area contributed by atoms with Crippen molar-refractivity contribution in [2.24, 2.45) is 0 Å². The number of carbonyl (C=O) groups is 2. The highest BCUT2D eigenvalue weighted by molar-refractivity contribution is 7.16. The highest BCUT2D eigenvalue weighted by Crippen LogP contribution is 2.24. The van der Waals surface area contributed by atoms with Gasteiger partial charge in [-0.3, -0.25) is 19.0 Å². The first-order chi connectivity index (χ1) is 13.9. The lowest BCUT2D eigenvalue weighted by atomic mass is 10.1. The third-order valence-electron chi connectivity index (χ3n) is 5.15. The third kappa shape index (κ3) is 3.96. The van der Waals surface area contributed by atoms with Crippen LogP contribution in [0.2, 0.25) is 0 Å². The summed E-state index contributed by atoms with van der Waals surface area (Å²) in [6, 6.07) is 12.9. The van der Waals surface area contributed by atoms with Gasteiger partial charge >= 0.3 is 4.87 Å². The molecular formula is C22H23N3O3S. The molecule has 2 aromatic carbocycles. The number of carbonyl (C=O) groups excluding carboxylic acids is 2. The number of amides is 2. The molecule has 0 saturated carbocycles. The van der Waals surface area contributed by atoms with Crippen molar-refractivity contribution in [2.45, 2.75) is 39.3 Å². The zero-order valence-corrected chi connectivity index (χ0v) is 17.3. The van der Waals surface area contributed by atoms with E-state index in [2.05, 4.69) is 5.32 Å². The molecule has 2 heterocycles. The van der Waals surface area contributed by atoms with Crippen molar-refractivity contribution in [1.29, 1.82) is 0 Å². The molecule has 1 aliphatic rings. The fourth-order valence-corrected chi connectivity index (χ4v) is 4.71. The fourth-order valence-electron chi connectivity index (χ4n) is 3.66. The Balaban J connectivity index is 1.47. The van der Waals surface area contributed by atoms with Gasteiger partial charge in [0, 0.05) is 36.8 Å². The maximum absolute atomic E-state index is 12.6. The first-order valence-corrected chi connectivity index (χ1v) is 10.6. The number of anilines is 1. The fraction of sp³-hybridized carbons (Fsp3) is 0.318. The molecule has 0 bridgehead atoms. The Morgan fingerprint density at radius 2 is 1.90 bits per heavy atom. The monoisotopic (exact) mass is 409 g/mol. The zero-order valence-electron chi connectivity index (χ0n) is 16.5. The summed E-state index contributed by atoms with van der Waals surface area (Å²) in [4.78, 5) is 38.4. The number of hydrogen-bond acceptors (Lipinski definition) is 4. The van der Waals surface area contributed by atoms with Crippen LogP contribution in [0.1, 0.15) is 48.7 Å². The molecule has 7 heteroatoms. The molecule has 4 rings (SSSR count). The van der Waals surface area contributed by atoms with Gasteiger partial charge in [0.05, 0.1) is 10.2 Å². The Kier molecular flexibility index (Phi) is 5.24. The molecule has 1 aromatic heterocycles. The van der Waals surface area contributed by atoms with E-state index < -0.39 is 0 Å². The summed E-state index contributed by atoms with van der Waals surface area (Å²) in [5.41, 5.74) is 3.10. The van der Waals surface area contributed by atoms with Crippen LogP contribution in [0.4, 0.5) is 5.69 Å². The SMILES string of the molecule is CC(C)n1c(=O)sc2cc(NC(=O)c3ccc(CN4CCCC4=O)cc3)ccc21.